The minimum absolute atomic E-state index is 0.146. The number of hydrogen-bond donors (Lipinski definition) is 2. The number of aromatic nitrogens is 3. The van der Waals surface area contributed by atoms with Crippen LogP contribution in [0.15, 0.2) is 23.3 Å². The highest BCUT2D eigenvalue weighted by atomic mass is 16.5. The first kappa shape index (κ1) is 15.1. The molecule has 0 aromatic carbocycles. The van der Waals surface area contributed by atoms with Gasteiger partial charge in [0.05, 0.1) is 11.9 Å². The lowest BCUT2D eigenvalue weighted by atomic mass is 10.1. The highest BCUT2D eigenvalue weighted by Crippen LogP contribution is 2.33. The lowest BCUT2D eigenvalue weighted by Crippen LogP contribution is -2.34. The van der Waals surface area contributed by atoms with E-state index in [2.05, 4.69) is 25.4 Å². The summed E-state index contributed by atoms with van der Waals surface area (Å²) in [5.74, 6) is 0.734. The predicted molar refractivity (Wildman–Crippen MR) is 90.2 cm³/mol. The van der Waals surface area contributed by atoms with Crippen molar-refractivity contribution in [3.05, 3.63) is 45.5 Å². The minimum Gasteiger partial charge on any atom is -0.474 e. The molecular weight excluding hydrogens is 306 g/mol. The number of nitrogens with one attached hydrogen (secondary N) is 2. The Morgan fingerprint density at radius 3 is 2.96 bits per heavy atom. The topological polar surface area (TPSA) is 83.1 Å². The van der Waals surface area contributed by atoms with Crippen molar-refractivity contribution < 1.29 is 4.74 Å². The fourth-order valence-electron chi connectivity index (χ4n) is 3.39. The van der Waals surface area contributed by atoms with Crippen molar-refractivity contribution >= 4 is 5.69 Å². The Bertz CT molecular complexity index is 798. The van der Waals surface area contributed by atoms with Gasteiger partial charge in [-0.1, -0.05) is 0 Å². The van der Waals surface area contributed by atoms with Crippen LogP contribution in [0.3, 0.4) is 0 Å². The predicted octanol–water partition coefficient (Wildman–Crippen LogP) is 1.12. The lowest BCUT2D eigenvalue weighted by Gasteiger charge is -2.24. The summed E-state index contributed by atoms with van der Waals surface area (Å²) in [5, 5.41) is 9.76. The van der Waals surface area contributed by atoms with E-state index in [4.69, 9.17) is 4.74 Å². The summed E-state index contributed by atoms with van der Waals surface area (Å²) in [6.07, 6.45) is 5.76. The molecule has 0 amide bonds. The van der Waals surface area contributed by atoms with Crippen LogP contribution in [0.2, 0.25) is 0 Å². The molecule has 126 valence electrons. The van der Waals surface area contributed by atoms with Crippen molar-refractivity contribution in [3.8, 4) is 5.88 Å². The Morgan fingerprint density at radius 2 is 2.12 bits per heavy atom. The molecule has 0 saturated carbocycles. The third kappa shape index (κ3) is 2.75. The second-order valence-corrected chi connectivity index (χ2v) is 6.39. The van der Waals surface area contributed by atoms with E-state index in [9.17, 15) is 4.79 Å². The number of aromatic amines is 1. The van der Waals surface area contributed by atoms with Gasteiger partial charge in [0.15, 0.2) is 0 Å². The van der Waals surface area contributed by atoms with Crippen LogP contribution in [0.1, 0.15) is 29.5 Å². The molecule has 0 atom stereocenters. The van der Waals surface area contributed by atoms with Crippen LogP contribution in [0.4, 0.5) is 5.69 Å². The molecule has 0 radical (unpaired) electrons. The van der Waals surface area contributed by atoms with Gasteiger partial charge in [0.25, 0.3) is 5.56 Å². The van der Waals surface area contributed by atoms with Gasteiger partial charge in [-0.3, -0.25) is 4.79 Å². The fraction of sp³-hybridized carbons (Fsp3) is 0.471. The number of nitrogens with zero attached hydrogens (tertiary/aromatic N) is 3. The van der Waals surface area contributed by atoms with Crippen LogP contribution in [0.25, 0.3) is 0 Å². The number of pyridine rings is 1. The third-order valence-corrected chi connectivity index (χ3v) is 4.81. The largest absolute Gasteiger partial charge is 0.474 e. The van der Waals surface area contributed by atoms with E-state index >= 15 is 0 Å². The van der Waals surface area contributed by atoms with Crippen LogP contribution in [0, 0.1) is 6.92 Å². The van der Waals surface area contributed by atoms with Gasteiger partial charge in [0.1, 0.15) is 6.10 Å². The second-order valence-electron chi connectivity index (χ2n) is 6.39. The molecule has 0 spiro atoms. The van der Waals surface area contributed by atoms with Gasteiger partial charge in [0.2, 0.25) is 5.88 Å². The number of ether oxygens (including phenoxy) is 1. The smallest absolute Gasteiger partial charge is 0.269 e. The van der Waals surface area contributed by atoms with Crippen LogP contribution < -0.4 is 20.5 Å². The SMILES string of the molecule is Cc1c(N2Cc3ccnc(OC4CCNCC4)c3C2)cn[nH]c1=O. The maximum atomic E-state index is 11.8. The van der Waals surface area contributed by atoms with Gasteiger partial charge in [-0.15, -0.1) is 0 Å². The van der Waals surface area contributed by atoms with E-state index in [1.54, 1.807) is 6.20 Å². The molecule has 1 saturated heterocycles. The van der Waals surface area contributed by atoms with E-state index < -0.39 is 0 Å². The van der Waals surface area contributed by atoms with Crippen LogP contribution in [0.5, 0.6) is 5.88 Å². The molecule has 7 nitrogen and oxygen atoms in total. The average Bonchev–Trinajstić information content (AvgIpc) is 3.03. The van der Waals surface area contributed by atoms with Gasteiger partial charge >= 0.3 is 0 Å². The molecule has 4 heterocycles. The molecule has 2 aromatic heterocycles. The number of H-pyrrole nitrogens is 1. The quantitative estimate of drug-likeness (QED) is 0.879. The van der Waals surface area contributed by atoms with Crippen LogP contribution >= 0.6 is 0 Å². The standard InChI is InChI=1S/C17H21N5O2/c1-11-15(8-20-21-16(11)23)22-9-12-2-7-19-17(14(12)10-22)24-13-3-5-18-6-4-13/h2,7-8,13,18H,3-6,9-10H2,1H3,(H,21,23). The van der Waals surface area contributed by atoms with E-state index in [1.807, 2.05) is 19.2 Å². The molecule has 0 bridgehead atoms. The first-order chi connectivity index (χ1) is 11.7. The lowest BCUT2D eigenvalue weighted by molar-refractivity contribution is 0.154. The van der Waals surface area contributed by atoms with Crippen LogP contribution in [-0.4, -0.2) is 34.4 Å². The third-order valence-electron chi connectivity index (χ3n) is 4.81. The first-order valence-electron chi connectivity index (χ1n) is 8.36. The van der Waals surface area contributed by atoms with Crippen molar-refractivity contribution in [2.45, 2.75) is 39.0 Å². The monoisotopic (exact) mass is 327 g/mol. The normalized spacial score (nSPS) is 17.8. The van der Waals surface area contributed by atoms with Gasteiger partial charge < -0.3 is 15.0 Å². The summed E-state index contributed by atoms with van der Waals surface area (Å²) in [4.78, 5) is 18.4. The minimum atomic E-state index is -0.146. The summed E-state index contributed by atoms with van der Waals surface area (Å²) in [6.45, 7) is 5.23. The van der Waals surface area contributed by atoms with E-state index in [-0.39, 0.29) is 11.7 Å². The second kappa shape index (κ2) is 6.24. The Morgan fingerprint density at radius 1 is 1.29 bits per heavy atom. The van der Waals surface area contributed by atoms with E-state index in [1.165, 1.54) is 5.56 Å². The maximum Gasteiger partial charge on any atom is 0.269 e. The Labute approximate surface area is 140 Å². The zero-order valence-electron chi connectivity index (χ0n) is 13.7. The summed E-state index contributed by atoms with van der Waals surface area (Å²) in [7, 11) is 0. The molecule has 4 rings (SSSR count). The number of rotatable bonds is 3. The zero-order chi connectivity index (χ0) is 16.5. The Balaban J connectivity index is 1.59. The summed E-state index contributed by atoms with van der Waals surface area (Å²) >= 11 is 0. The van der Waals surface area contributed by atoms with Gasteiger partial charge in [-0.25, -0.2) is 10.1 Å². The highest BCUT2D eigenvalue weighted by Gasteiger charge is 2.26. The molecule has 0 unspecified atom stereocenters. The van der Waals surface area contributed by atoms with Crippen molar-refractivity contribution in [1.82, 2.24) is 20.5 Å². The molecule has 2 N–H and O–H groups in total. The molecule has 24 heavy (non-hydrogen) atoms. The summed E-state index contributed by atoms with van der Waals surface area (Å²) in [6, 6.07) is 2.03. The Kier molecular flexibility index (Phi) is 3.93. The number of hydrogen-bond acceptors (Lipinski definition) is 6. The van der Waals surface area contributed by atoms with E-state index in [0.29, 0.717) is 12.1 Å². The number of fused-ring (bicyclic) bond motifs is 1. The highest BCUT2D eigenvalue weighted by molar-refractivity contribution is 5.55. The van der Waals surface area contributed by atoms with Crippen molar-refractivity contribution in [1.29, 1.82) is 0 Å². The van der Waals surface area contributed by atoms with Gasteiger partial charge in [-0.2, -0.15) is 5.10 Å². The average molecular weight is 327 g/mol. The molecule has 2 aliphatic heterocycles. The van der Waals surface area contributed by atoms with Crippen LogP contribution in [-0.2, 0) is 13.1 Å². The molecule has 2 aromatic rings. The molecule has 0 aliphatic carbocycles. The van der Waals surface area contributed by atoms with Crippen molar-refractivity contribution in [2.24, 2.45) is 0 Å². The molecular formula is C17H21N5O2. The van der Waals surface area contributed by atoms with Crippen molar-refractivity contribution in [3.63, 3.8) is 0 Å². The van der Waals surface area contributed by atoms with Gasteiger partial charge in [0, 0.05) is 30.4 Å². The van der Waals surface area contributed by atoms with Crippen molar-refractivity contribution in [2.75, 3.05) is 18.0 Å². The summed E-state index contributed by atoms with van der Waals surface area (Å²) in [5.41, 5.74) is 3.73. The first-order valence-corrected chi connectivity index (χ1v) is 8.36. The Hall–Kier alpha value is -2.41. The van der Waals surface area contributed by atoms with E-state index in [0.717, 1.165) is 49.6 Å². The molecule has 1 fully saturated rings. The zero-order valence-corrected chi connectivity index (χ0v) is 13.7. The fourth-order valence-corrected chi connectivity index (χ4v) is 3.39. The number of piperidine rings is 1. The maximum absolute atomic E-state index is 11.8. The number of anilines is 1. The van der Waals surface area contributed by atoms with Gasteiger partial charge in [-0.05, 0) is 44.5 Å². The molecule has 7 heteroatoms. The molecule has 2 aliphatic rings. The summed E-state index contributed by atoms with van der Waals surface area (Å²) < 4.78 is 6.18.